The summed E-state index contributed by atoms with van der Waals surface area (Å²) in [6, 6.07) is 18.8. The van der Waals surface area contributed by atoms with Gasteiger partial charge >= 0.3 is 0 Å². The van der Waals surface area contributed by atoms with E-state index in [0.29, 0.717) is 6.61 Å². The largest absolute Gasteiger partial charge is 0.461 e. The number of rotatable bonds is 5. The first kappa shape index (κ1) is 15.1. The molecule has 1 unspecified atom stereocenters. The molecule has 0 saturated carbocycles. The SMILES string of the molecule is CCC1(Oc2ccc(Cc3ccccc3)cc2)CNCCO1. The van der Waals surface area contributed by atoms with Crippen molar-refractivity contribution >= 4 is 0 Å². The van der Waals surface area contributed by atoms with E-state index >= 15 is 0 Å². The van der Waals surface area contributed by atoms with E-state index < -0.39 is 5.79 Å². The first-order valence-corrected chi connectivity index (χ1v) is 7.96. The highest BCUT2D eigenvalue weighted by Crippen LogP contribution is 2.24. The zero-order valence-corrected chi connectivity index (χ0v) is 13.0. The number of hydrogen-bond donors (Lipinski definition) is 1. The summed E-state index contributed by atoms with van der Waals surface area (Å²) >= 11 is 0. The predicted octanol–water partition coefficient (Wildman–Crippen LogP) is 3.38. The van der Waals surface area contributed by atoms with E-state index in [4.69, 9.17) is 9.47 Å². The molecule has 1 saturated heterocycles. The van der Waals surface area contributed by atoms with Gasteiger partial charge in [-0.2, -0.15) is 0 Å². The Kier molecular flexibility index (Phi) is 4.76. The molecule has 1 aliphatic rings. The van der Waals surface area contributed by atoms with Crippen LogP contribution in [-0.2, 0) is 11.2 Å². The highest BCUT2D eigenvalue weighted by atomic mass is 16.7. The Balaban J connectivity index is 1.66. The van der Waals surface area contributed by atoms with Crippen molar-refractivity contribution in [3.63, 3.8) is 0 Å². The minimum atomic E-state index is -0.529. The number of morpholine rings is 1. The van der Waals surface area contributed by atoms with E-state index in [0.717, 1.165) is 31.7 Å². The fraction of sp³-hybridized carbons (Fsp3) is 0.368. The molecule has 22 heavy (non-hydrogen) atoms. The van der Waals surface area contributed by atoms with Gasteiger partial charge in [-0.1, -0.05) is 49.4 Å². The lowest BCUT2D eigenvalue weighted by atomic mass is 10.1. The van der Waals surface area contributed by atoms with Crippen LogP contribution in [0.25, 0.3) is 0 Å². The van der Waals surface area contributed by atoms with Crippen molar-refractivity contribution in [3.05, 3.63) is 65.7 Å². The van der Waals surface area contributed by atoms with Gasteiger partial charge in [0, 0.05) is 13.0 Å². The maximum Gasteiger partial charge on any atom is 0.222 e. The van der Waals surface area contributed by atoms with Crippen LogP contribution in [0.4, 0.5) is 0 Å². The van der Waals surface area contributed by atoms with Crippen molar-refractivity contribution in [3.8, 4) is 5.75 Å². The summed E-state index contributed by atoms with van der Waals surface area (Å²) in [5.74, 6) is 0.335. The molecule has 0 amide bonds. The van der Waals surface area contributed by atoms with Crippen molar-refractivity contribution in [2.75, 3.05) is 19.7 Å². The quantitative estimate of drug-likeness (QED) is 0.917. The molecule has 1 atom stereocenters. The molecule has 1 N–H and O–H groups in total. The molecule has 2 aromatic carbocycles. The average Bonchev–Trinajstić information content (AvgIpc) is 2.58. The van der Waals surface area contributed by atoms with Crippen molar-refractivity contribution in [1.29, 1.82) is 0 Å². The van der Waals surface area contributed by atoms with Crippen LogP contribution in [0.5, 0.6) is 5.75 Å². The maximum atomic E-state index is 6.11. The second kappa shape index (κ2) is 6.95. The summed E-state index contributed by atoms with van der Waals surface area (Å²) in [6.07, 6.45) is 1.77. The number of ether oxygens (including phenoxy) is 2. The van der Waals surface area contributed by atoms with Crippen LogP contribution in [0, 0.1) is 0 Å². The first-order chi connectivity index (χ1) is 10.8. The lowest BCUT2D eigenvalue weighted by Crippen LogP contribution is -2.53. The lowest BCUT2D eigenvalue weighted by Gasteiger charge is -2.37. The maximum absolute atomic E-state index is 6.11. The number of benzene rings is 2. The normalized spacial score (nSPS) is 21.5. The summed E-state index contributed by atoms with van der Waals surface area (Å²) in [5, 5.41) is 3.34. The van der Waals surface area contributed by atoms with Gasteiger partial charge in [0.2, 0.25) is 5.79 Å². The van der Waals surface area contributed by atoms with Crippen LogP contribution in [0.1, 0.15) is 24.5 Å². The van der Waals surface area contributed by atoms with E-state index in [9.17, 15) is 0 Å². The standard InChI is InChI=1S/C19H23NO2/c1-2-19(15-20-12-13-21-19)22-18-10-8-17(9-11-18)14-16-6-4-3-5-7-16/h3-11,20H,2,12-15H2,1H3. The Morgan fingerprint density at radius 1 is 1.05 bits per heavy atom. The Morgan fingerprint density at radius 3 is 2.41 bits per heavy atom. The van der Waals surface area contributed by atoms with Gasteiger partial charge in [0.05, 0.1) is 13.2 Å². The summed E-state index contributed by atoms with van der Waals surface area (Å²) in [4.78, 5) is 0. The Morgan fingerprint density at radius 2 is 1.77 bits per heavy atom. The van der Waals surface area contributed by atoms with E-state index in [1.165, 1.54) is 11.1 Å². The van der Waals surface area contributed by atoms with E-state index in [1.54, 1.807) is 0 Å². The van der Waals surface area contributed by atoms with Crippen molar-refractivity contribution in [2.45, 2.75) is 25.6 Å². The van der Waals surface area contributed by atoms with Gasteiger partial charge < -0.3 is 14.8 Å². The van der Waals surface area contributed by atoms with Gasteiger partial charge in [-0.25, -0.2) is 0 Å². The van der Waals surface area contributed by atoms with E-state index in [2.05, 4.69) is 48.6 Å². The third-order valence-electron chi connectivity index (χ3n) is 4.06. The summed E-state index contributed by atoms with van der Waals surface area (Å²) in [5.41, 5.74) is 2.60. The van der Waals surface area contributed by atoms with Gasteiger partial charge in [0.1, 0.15) is 5.75 Å². The fourth-order valence-electron chi connectivity index (χ4n) is 2.73. The van der Waals surface area contributed by atoms with Crippen LogP contribution in [0.2, 0.25) is 0 Å². The smallest absolute Gasteiger partial charge is 0.222 e. The molecule has 116 valence electrons. The highest BCUT2D eigenvalue weighted by molar-refractivity contribution is 5.31. The third-order valence-corrected chi connectivity index (χ3v) is 4.06. The zero-order chi connectivity index (χ0) is 15.3. The molecule has 1 fully saturated rings. The van der Waals surface area contributed by atoms with Gasteiger partial charge in [-0.15, -0.1) is 0 Å². The topological polar surface area (TPSA) is 30.5 Å². The van der Waals surface area contributed by atoms with Crippen LogP contribution < -0.4 is 10.1 Å². The molecular formula is C19H23NO2. The molecule has 3 nitrogen and oxygen atoms in total. The van der Waals surface area contributed by atoms with Crippen LogP contribution >= 0.6 is 0 Å². The molecule has 0 aliphatic carbocycles. The monoisotopic (exact) mass is 297 g/mol. The summed E-state index contributed by atoms with van der Waals surface area (Å²) in [6.45, 7) is 4.41. The van der Waals surface area contributed by atoms with E-state index in [1.807, 2.05) is 18.2 Å². The average molecular weight is 297 g/mol. The number of nitrogens with one attached hydrogen (secondary N) is 1. The zero-order valence-electron chi connectivity index (χ0n) is 13.0. The van der Waals surface area contributed by atoms with Gasteiger partial charge in [-0.3, -0.25) is 0 Å². The molecule has 0 radical (unpaired) electrons. The highest BCUT2D eigenvalue weighted by Gasteiger charge is 2.33. The van der Waals surface area contributed by atoms with Crippen LogP contribution in [0.15, 0.2) is 54.6 Å². The minimum Gasteiger partial charge on any atom is -0.461 e. The van der Waals surface area contributed by atoms with Crippen molar-refractivity contribution in [1.82, 2.24) is 5.32 Å². The molecule has 3 heteroatoms. The molecule has 0 spiro atoms. The van der Waals surface area contributed by atoms with Crippen molar-refractivity contribution < 1.29 is 9.47 Å². The summed E-state index contributed by atoms with van der Waals surface area (Å²) < 4.78 is 12.0. The molecule has 3 rings (SSSR count). The van der Waals surface area contributed by atoms with Crippen LogP contribution in [-0.4, -0.2) is 25.5 Å². The second-order valence-corrected chi connectivity index (χ2v) is 5.70. The Hall–Kier alpha value is -1.84. The molecule has 0 aromatic heterocycles. The minimum absolute atomic E-state index is 0.529. The Labute approximate surface area is 132 Å². The van der Waals surface area contributed by atoms with Crippen molar-refractivity contribution in [2.24, 2.45) is 0 Å². The summed E-state index contributed by atoms with van der Waals surface area (Å²) in [7, 11) is 0. The predicted molar refractivity (Wildman–Crippen MR) is 88.2 cm³/mol. The Bertz CT molecular complexity index is 574. The van der Waals surface area contributed by atoms with Gasteiger partial charge in [0.15, 0.2) is 0 Å². The molecule has 1 aliphatic heterocycles. The van der Waals surface area contributed by atoms with Gasteiger partial charge in [0.25, 0.3) is 0 Å². The fourth-order valence-corrected chi connectivity index (χ4v) is 2.73. The van der Waals surface area contributed by atoms with Crippen LogP contribution in [0.3, 0.4) is 0 Å². The third kappa shape index (κ3) is 3.67. The lowest BCUT2D eigenvalue weighted by molar-refractivity contribution is -0.196. The molecule has 1 heterocycles. The molecule has 0 bridgehead atoms. The molecular weight excluding hydrogens is 274 g/mol. The second-order valence-electron chi connectivity index (χ2n) is 5.70. The van der Waals surface area contributed by atoms with E-state index in [-0.39, 0.29) is 0 Å². The first-order valence-electron chi connectivity index (χ1n) is 7.96. The molecule has 2 aromatic rings. The number of hydrogen-bond acceptors (Lipinski definition) is 3. The van der Waals surface area contributed by atoms with Gasteiger partial charge in [-0.05, 0) is 29.7 Å².